The van der Waals surface area contributed by atoms with Gasteiger partial charge in [0.15, 0.2) is 0 Å². The summed E-state index contributed by atoms with van der Waals surface area (Å²) in [5.41, 5.74) is 0. The predicted molar refractivity (Wildman–Crippen MR) is 69.3 cm³/mol. The van der Waals surface area contributed by atoms with Gasteiger partial charge in [-0.3, -0.25) is 0 Å². The highest BCUT2D eigenvalue weighted by atomic mass is 32.1. The molecule has 0 saturated carbocycles. The normalized spacial score (nSPS) is 10.2. The molecule has 0 atom stereocenters. The third-order valence-corrected chi connectivity index (χ3v) is 3.88. The lowest BCUT2D eigenvalue weighted by atomic mass is 10.3. The number of thiophene rings is 2. The molecule has 0 spiro atoms. The largest absolute Gasteiger partial charge is 0.143 e. The molecule has 2 heterocycles. The molecule has 15 heavy (non-hydrogen) atoms. The smallest absolute Gasteiger partial charge is 0.0778 e. The quantitative estimate of drug-likeness (QED) is 0.637. The van der Waals surface area contributed by atoms with Crippen LogP contribution < -0.4 is 0 Å². The second-order valence-electron chi connectivity index (χ2n) is 2.91. The van der Waals surface area contributed by atoms with E-state index in [1.165, 1.54) is 9.75 Å². The minimum atomic E-state index is 1.12. The Morgan fingerprint density at radius 1 is 1.20 bits per heavy atom. The molecule has 0 N–H and O–H groups in total. The number of hydrogen-bond acceptors (Lipinski definition) is 2. The molecule has 0 unspecified atom stereocenters. The van der Waals surface area contributed by atoms with Crippen molar-refractivity contribution in [3.8, 4) is 21.6 Å². The first-order valence-electron chi connectivity index (χ1n) is 4.66. The van der Waals surface area contributed by atoms with E-state index in [4.69, 9.17) is 0 Å². The summed E-state index contributed by atoms with van der Waals surface area (Å²) >= 11 is 3.51. The molecule has 0 radical (unpaired) electrons. The number of rotatable bonds is 1. The van der Waals surface area contributed by atoms with Crippen molar-refractivity contribution < 1.29 is 0 Å². The van der Waals surface area contributed by atoms with Gasteiger partial charge in [0.2, 0.25) is 0 Å². The van der Waals surface area contributed by atoms with Gasteiger partial charge in [0, 0.05) is 9.75 Å². The third kappa shape index (κ3) is 2.59. The highest BCUT2D eigenvalue weighted by molar-refractivity contribution is 7.21. The molecule has 0 fully saturated rings. The second-order valence-corrected chi connectivity index (χ2v) is 4.94. The van der Waals surface area contributed by atoms with Crippen LogP contribution in [-0.2, 0) is 0 Å². The Hall–Kier alpha value is -1.30. The summed E-state index contributed by atoms with van der Waals surface area (Å²) in [5, 5.41) is 2.10. The summed E-state index contributed by atoms with van der Waals surface area (Å²) in [5.74, 6) is 6.11. The van der Waals surface area contributed by atoms with Gasteiger partial charge in [-0.05, 0) is 36.6 Å². The van der Waals surface area contributed by atoms with E-state index in [1.807, 2.05) is 19.1 Å². The van der Waals surface area contributed by atoms with Crippen molar-refractivity contribution in [3.63, 3.8) is 0 Å². The lowest BCUT2D eigenvalue weighted by Gasteiger charge is -1.86. The Morgan fingerprint density at radius 2 is 2.13 bits per heavy atom. The zero-order valence-corrected chi connectivity index (χ0v) is 9.99. The molecule has 74 valence electrons. The molecule has 0 aliphatic heterocycles. The average Bonchev–Trinajstić information content (AvgIpc) is 2.87. The van der Waals surface area contributed by atoms with E-state index in [9.17, 15) is 0 Å². The topological polar surface area (TPSA) is 0 Å². The van der Waals surface area contributed by atoms with Gasteiger partial charge < -0.3 is 0 Å². The third-order valence-electron chi connectivity index (χ3n) is 1.82. The molecule has 0 aliphatic rings. The van der Waals surface area contributed by atoms with Crippen LogP contribution in [0.2, 0.25) is 0 Å². The van der Waals surface area contributed by atoms with Crippen LogP contribution in [0.3, 0.4) is 0 Å². The van der Waals surface area contributed by atoms with Crippen molar-refractivity contribution in [1.82, 2.24) is 0 Å². The van der Waals surface area contributed by atoms with E-state index in [0.29, 0.717) is 0 Å². The number of allylic oxidation sites excluding steroid dienone is 2. The SMILES string of the molecule is C/C=C/C#Cc1ccc(-c2cccs2)s1. The zero-order valence-electron chi connectivity index (χ0n) is 8.36. The van der Waals surface area contributed by atoms with E-state index in [-0.39, 0.29) is 0 Å². The minimum absolute atomic E-state index is 1.12. The minimum Gasteiger partial charge on any atom is -0.143 e. The molecule has 2 aromatic heterocycles. The average molecular weight is 230 g/mol. The van der Waals surface area contributed by atoms with Crippen molar-refractivity contribution >= 4 is 22.7 Å². The monoisotopic (exact) mass is 230 g/mol. The van der Waals surface area contributed by atoms with Crippen molar-refractivity contribution in [3.05, 3.63) is 46.7 Å². The summed E-state index contributed by atoms with van der Waals surface area (Å²) in [4.78, 5) is 3.74. The molecular formula is C13H10S2. The maximum absolute atomic E-state index is 3.11. The van der Waals surface area contributed by atoms with Crippen LogP contribution in [0, 0.1) is 11.8 Å². The highest BCUT2D eigenvalue weighted by Crippen LogP contribution is 2.30. The summed E-state index contributed by atoms with van der Waals surface area (Å²) < 4.78 is 0. The Bertz CT molecular complexity index is 504. The molecule has 2 rings (SSSR count). The van der Waals surface area contributed by atoms with Crippen molar-refractivity contribution in [2.75, 3.05) is 0 Å². The molecule has 2 heteroatoms. The van der Waals surface area contributed by atoms with Gasteiger partial charge in [0.25, 0.3) is 0 Å². The van der Waals surface area contributed by atoms with Crippen LogP contribution in [0.25, 0.3) is 9.75 Å². The molecule has 0 aliphatic carbocycles. The molecule has 0 amide bonds. The standard InChI is InChI=1S/C13H10S2/c1-2-3-4-6-11-8-9-13(15-11)12-7-5-10-14-12/h2-3,5,7-10H,1H3/b3-2+. The van der Waals surface area contributed by atoms with Crippen LogP contribution >= 0.6 is 22.7 Å². The van der Waals surface area contributed by atoms with Crippen molar-refractivity contribution in [2.24, 2.45) is 0 Å². The fraction of sp³-hybridized carbons (Fsp3) is 0.0769. The predicted octanol–water partition coefficient (Wildman–Crippen LogP) is 4.40. The molecule has 0 nitrogen and oxygen atoms in total. The lowest BCUT2D eigenvalue weighted by Crippen LogP contribution is -1.57. The maximum atomic E-state index is 3.11. The Morgan fingerprint density at radius 3 is 2.87 bits per heavy atom. The van der Waals surface area contributed by atoms with Crippen LogP contribution in [0.5, 0.6) is 0 Å². The molecule has 0 aromatic carbocycles. The Kier molecular flexibility index (Phi) is 3.39. The molecule has 0 bridgehead atoms. The summed E-state index contributed by atoms with van der Waals surface area (Å²) in [6.45, 7) is 1.97. The van der Waals surface area contributed by atoms with Gasteiger partial charge in [0.1, 0.15) is 0 Å². The molecule has 0 saturated heterocycles. The van der Waals surface area contributed by atoms with E-state index in [1.54, 1.807) is 22.7 Å². The molecular weight excluding hydrogens is 220 g/mol. The van der Waals surface area contributed by atoms with Crippen molar-refractivity contribution in [2.45, 2.75) is 6.92 Å². The summed E-state index contributed by atoms with van der Waals surface area (Å²) in [6, 6.07) is 8.43. The van der Waals surface area contributed by atoms with Crippen molar-refractivity contribution in [1.29, 1.82) is 0 Å². The number of hydrogen-bond donors (Lipinski definition) is 0. The first-order valence-corrected chi connectivity index (χ1v) is 6.36. The summed E-state index contributed by atoms with van der Waals surface area (Å²) in [6.07, 6.45) is 3.81. The van der Waals surface area contributed by atoms with Gasteiger partial charge >= 0.3 is 0 Å². The Balaban J connectivity index is 2.22. The van der Waals surface area contributed by atoms with Crippen LogP contribution in [-0.4, -0.2) is 0 Å². The molecule has 2 aromatic rings. The zero-order chi connectivity index (χ0) is 10.5. The van der Waals surface area contributed by atoms with E-state index in [2.05, 4.69) is 41.5 Å². The summed E-state index contributed by atoms with van der Waals surface area (Å²) in [7, 11) is 0. The van der Waals surface area contributed by atoms with Crippen LogP contribution in [0.4, 0.5) is 0 Å². The fourth-order valence-electron chi connectivity index (χ4n) is 1.15. The lowest BCUT2D eigenvalue weighted by molar-refractivity contribution is 1.76. The van der Waals surface area contributed by atoms with Crippen LogP contribution in [0.1, 0.15) is 11.8 Å². The van der Waals surface area contributed by atoms with Gasteiger partial charge in [-0.15, -0.1) is 22.7 Å². The second kappa shape index (κ2) is 4.97. The van der Waals surface area contributed by atoms with Gasteiger partial charge in [0.05, 0.1) is 4.88 Å². The van der Waals surface area contributed by atoms with E-state index < -0.39 is 0 Å². The van der Waals surface area contributed by atoms with Crippen LogP contribution in [0.15, 0.2) is 41.8 Å². The first-order chi connectivity index (χ1) is 7.40. The van der Waals surface area contributed by atoms with Gasteiger partial charge in [-0.25, -0.2) is 0 Å². The van der Waals surface area contributed by atoms with Gasteiger partial charge in [-0.2, -0.15) is 0 Å². The highest BCUT2D eigenvalue weighted by Gasteiger charge is 2.01. The fourth-order valence-corrected chi connectivity index (χ4v) is 2.85. The van der Waals surface area contributed by atoms with E-state index in [0.717, 1.165) is 4.88 Å². The van der Waals surface area contributed by atoms with E-state index >= 15 is 0 Å². The van der Waals surface area contributed by atoms with Gasteiger partial charge in [-0.1, -0.05) is 24.0 Å². The maximum Gasteiger partial charge on any atom is 0.0778 e. The Labute approximate surface area is 97.9 Å². The first kappa shape index (κ1) is 10.2.